The Morgan fingerprint density at radius 1 is 1.56 bits per heavy atom. The average molecular weight is 240 g/mol. The van der Waals surface area contributed by atoms with Crippen LogP contribution in [-0.2, 0) is 10.6 Å². The van der Waals surface area contributed by atoms with Crippen LogP contribution in [0.15, 0.2) is 16.5 Å². The predicted octanol–water partition coefficient (Wildman–Crippen LogP) is 2.66. The molecule has 0 amide bonds. The molecule has 2 aromatic rings. The summed E-state index contributed by atoms with van der Waals surface area (Å²) in [6.07, 6.45) is 0. The molecule has 0 spiro atoms. The second kappa shape index (κ2) is 4.14. The number of fused-ring (bicyclic) bond motifs is 1. The number of halogens is 1. The van der Waals surface area contributed by atoms with E-state index in [9.17, 15) is 4.79 Å². The third kappa shape index (κ3) is 1.76. The summed E-state index contributed by atoms with van der Waals surface area (Å²) in [5.41, 5.74) is 2.34. The summed E-state index contributed by atoms with van der Waals surface area (Å²) in [5.74, 6) is 0.132. The molecule has 1 aromatic heterocycles. The SMILES string of the molecule is COC(=O)c1cc(C)cc2nc(CCl)oc12. The number of alkyl halides is 1. The number of aromatic nitrogens is 1. The van der Waals surface area contributed by atoms with Crippen molar-refractivity contribution in [1.82, 2.24) is 4.98 Å². The maximum atomic E-state index is 11.5. The second-order valence-electron chi connectivity index (χ2n) is 3.39. The molecular formula is C11H10ClNO3. The summed E-state index contributed by atoms with van der Waals surface area (Å²) < 4.78 is 10.1. The van der Waals surface area contributed by atoms with E-state index in [4.69, 9.17) is 16.0 Å². The van der Waals surface area contributed by atoms with E-state index in [1.807, 2.05) is 13.0 Å². The zero-order valence-corrected chi connectivity index (χ0v) is 9.67. The number of hydrogen-bond acceptors (Lipinski definition) is 4. The quantitative estimate of drug-likeness (QED) is 0.597. The van der Waals surface area contributed by atoms with Crippen LogP contribution in [0, 0.1) is 6.92 Å². The van der Waals surface area contributed by atoms with E-state index in [1.54, 1.807) is 6.07 Å². The number of oxazole rings is 1. The zero-order valence-electron chi connectivity index (χ0n) is 8.91. The molecule has 2 rings (SSSR count). The molecule has 5 heteroatoms. The van der Waals surface area contributed by atoms with Crippen LogP contribution in [-0.4, -0.2) is 18.1 Å². The van der Waals surface area contributed by atoms with Gasteiger partial charge in [0, 0.05) is 0 Å². The highest BCUT2D eigenvalue weighted by Gasteiger charge is 2.16. The van der Waals surface area contributed by atoms with Gasteiger partial charge in [0.1, 0.15) is 11.1 Å². The van der Waals surface area contributed by atoms with E-state index < -0.39 is 5.97 Å². The first-order valence-electron chi connectivity index (χ1n) is 4.70. The summed E-state index contributed by atoms with van der Waals surface area (Å²) in [5, 5.41) is 0. The Bertz CT molecular complexity index is 547. The normalized spacial score (nSPS) is 10.7. The number of benzene rings is 1. The lowest BCUT2D eigenvalue weighted by Gasteiger charge is -2.00. The van der Waals surface area contributed by atoms with Crippen LogP contribution in [0.2, 0.25) is 0 Å². The molecule has 0 atom stereocenters. The fourth-order valence-corrected chi connectivity index (χ4v) is 1.65. The van der Waals surface area contributed by atoms with Crippen molar-refractivity contribution in [3.63, 3.8) is 0 Å². The molecule has 0 fully saturated rings. The number of methoxy groups -OCH3 is 1. The molecule has 0 N–H and O–H groups in total. The van der Waals surface area contributed by atoms with Gasteiger partial charge in [0.25, 0.3) is 0 Å². The van der Waals surface area contributed by atoms with Gasteiger partial charge in [-0.25, -0.2) is 9.78 Å². The number of ether oxygens (including phenoxy) is 1. The van der Waals surface area contributed by atoms with Gasteiger partial charge < -0.3 is 9.15 Å². The van der Waals surface area contributed by atoms with Crippen LogP contribution >= 0.6 is 11.6 Å². The molecule has 0 aliphatic heterocycles. The Morgan fingerprint density at radius 2 is 2.31 bits per heavy atom. The fourth-order valence-electron chi connectivity index (χ4n) is 1.54. The van der Waals surface area contributed by atoms with E-state index in [-0.39, 0.29) is 5.88 Å². The van der Waals surface area contributed by atoms with Gasteiger partial charge in [-0.1, -0.05) is 0 Å². The summed E-state index contributed by atoms with van der Waals surface area (Å²) in [4.78, 5) is 15.7. The van der Waals surface area contributed by atoms with E-state index in [0.717, 1.165) is 5.56 Å². The number of carbonyl (C=O) groups excluding carboxylic acids is 1. The monoisotopic (exact) mass is 239 g/mol. The topological polar surface area (TPSA) is 52.3 Å². The molecule has 0 aliphatic carbocycles. The van der Waals surface area contributed by atoms with Crippen LogP contribution in [0.5, 0.6) is 0 Å². The number of hydrogen-bond donors (Lipinski definition) is 0. The minimum atomic E-state index is -0.439. The molecule has 1 aromatic carbocycles. The number of aryl methyl sites for hydroxylation is 1. The third-order valence-electron chi connectivity index (χ3n) is 2.20. The molecule has 0 radical (unpaired) electrons. The van der Waals surface area contributed by atoms with Crippen molar-refractivity contribution in [3.05, 3.63) is 29.2 Å². The van der Waals surface area contributed by atoms with Crippen molar-refractivity contribution in [3.8, 4) is 0 Å². The Kier molecular flexibility index (Phi) is 2.83. The third-order valence-corrected chi connectivity index (χ3v) is 2.43. The zero-order chi connectivity index (χ0) is 11.7. The first kappa shape index (κ1) is 11.0. The van der Waals surface area contributed by atoms with Crippen molar-refractivity contribution in [2.75, 3.05) is 7.11 Å². The van der Waals surface area contributed by atoms with Crippen molar-refractivity contribution in [1.29, 1.82) is 0 Å². The molecule has 4 nitrogen and oxygen atoms in total. The molecule has 84 valence electrons. The Labute approximate surface area is 97.2 Å². The highest BCUT2D eigenvalue weighted by atomic mass is 35.5. The van der Waals surface area contributed by atoms with Crippen LogP contribution in [0.25, 0.3) is 11.1 Å². The lowest BCUT2D eigenvalue weighted by Crippen LogP contribution is -2.01. The van der Waals surface area contributed by atoms with Crippen molar-refractivity contribution in [2.24, 2.45) is 0 Å². The first-order chi connectivity index (χ1) is 7.65. The van der Waals surface area contributed by atoms with Crippen LogP contribution < -0.4 is 0 Å². The first-order valence-corrected chi connectivity index (χ1v) is 5.23. The second-order valence-corrected chi connectivity index (χ2v) is 3.66. The maximum absolute atomic E-state index is 11.5. The average Bonchev–Trinajstić information content (AvgIpc) is 2.69. The molecule has 0 saturated heterocycles. The minimum absolute atomic E-state index is 0.175. The highest BCUT2D eigenvalue weighted by Crippen LogP contribution is 2.23. The van der Waals surface area contributed by atoms with E-state index in [2.05, 4.69) is 9.72 Å². The fraction of sp³-hybridized carbons (Fsp3) is 0.273. The van der Waals surface area contributed by atoms with Crippen LogP contribution in [0.3, 0.4) is 0 Å². The molecule has 0 unspecified atom stereocenters. The van der Waals surface area contributed by atoms with Gasteiger partial charge in [-0.05, 0) is 24.6 Å². The van der Waals surface area contributed by atoms with Gasteiger partial charge in [-0.2, -0.15) is 0 Å². The Balaban J connectivity index is 2.70. The van der Waals surface area contributed by atoms with E-state index in [0.29, 0.717) is 22.6 Å². The van der Waals surface area contributed by atoms with Gasteiger partial charge in [-0.15, -0.1) is 11.6 Å². The summed E-state index contributed by atoms with van der Waals surface area (Å²) in [6, 6.07) is 3.54. The molecular weight excluding hydrogens is 230 g/mol. The maximum Gasteiger partial charge on any atom is 0.341 e. The molecule has 16 heavy (non-hydrogen) atoms. The van der Waals surface area contributed by atoms with Crippen molar-refractivity contribution in [2.45, 2.75) is 12.8 Å². The van der Waals surface area contributed by atoms with Crippen LogP contribution in [0.4, 0.5) is 0 Å². The lowest BCUT2D eigenvalue weighted by molar-refractivity contribution is 0.0601. The minimum Gasteiger partial charge on any atom is -0.465 e. The smallest absolute Gasteiger partial charge is 0.341 e. The standard InChI is InChI=1S/C11H10ClNO3/c1-6-3-7(11(14)15-2)10-8(4-6)13-9(5-12)16-10/h3-4H,5H2,1-2H3. The van der Waals surface area contributed by atoms with Gasteiger partial charge in [0.2, 0.25) is 5.89 Å². The lowest BCUT2D eigenvalue weighted by atomic mass is 10.1. The van der Waals surface area contributed by atoms with Crippen molar-refractivity contribution < 1.29 is 13.9 Å². The summed E-state index contributed by atoms with van der Waals surface area (Å²) in [6.45, 7) is 1.88. The van der Waals surface area contributed by atoms with E-state index in [1.165, 1.54) is 7.11 Å². The Morgan fingerprint density at radius 3 is 2.94 bits per heavy atom. The molecule has 0 saturated carbocycles. The van der Waals surface area contributed by atoms with Gasteiger partial charge in [0.05, 0.1) is 13.0 Å². The van der Waals surface area contributed by atoms with Gasteiger partial charge >= 0.3 is 5.97 Å². The number of esters is 1. The van der Waals surface area contributed by atoms with Crippen LogP contribution in [0.1, 0.15) is 21.8 Å². The van der Waals surface area contributed by atoms with E-state index >= 15 is 0 Å². The van der Waals surface area contributed by atoms with Gasteiger partial charge in [0.15, 0.2) is 5.58 Å². The molecule has 1 heterocycles. The number of carbonyl (C=O) groups is 1. The summed E-state index contributed by atoms with van der Waals surface area (Å²) in [7, 11) is 1.33. The number of nitrogens with zero attached hydrogens (tertiary/aromatic N) is 1. The van der Waals surface area contributed by atoms with Gasteiger partial charge in [-0.3, -0.25) is 0 Å². The predicted molar refractivity (Wildman–Crippen MR) is 59.6 cm³/mol. The Hall–Kier alpha value is -1.55. The molecule has 0 bridgehead atoms. The summed E-state index contributed by atoms with van der Waals surface area (Å²) >= 11 is 5.63. The van der Waals surface area contributed by atoms with Crippen molar-refractivity contribution >= 4 is 28.7 Å². The number of rotatable bonds is 2. The largest absolute Gasteiger partial charge is 0.465 e. The molecule has 0 aliphatic rings. The highest BCUT2D eigenvalue weighted by molar-refractivity contribution is 6.16.